The van der Waals surface area contributed by atoms with E-state index in [1.165, 1.54) is 23.3 Å². The molecule has 0 radical (unpaired) electrons. The summed E-state index contributed by atoms with van der Waals surface area (Å²) in [5, 5.41) is 6.42. The fourth-order valence-electron chi connectivity index (χ4n) is 1.48. The van der Waals surface area contributed by atoms with Crippen molar-refractivity contribution in [2.24, 2.45) is 0 Å². The standard InChI is InChI=1S/C11H12F3N5/c1-2-15-10-6-16-8(5-17-10)7-19-4-3-9(18-19)11(12,13)14/h3-6H,2,7H2,1H3,(H,15,17). The highest BCUT2D eigenvalue weighted by atomic mass is 19.4. The quantitative estimate of drug-likeness (QED) is 0.926. The lowest BCUT2D eigenvalue weighted by atomic mass is 10.4. The zero-order chi connectivity index (χ0) is 13.9. The Morgan fingerprint density at radius 1 is 1.26 bits per heavy atom. The van der Waals surface area contributed by atoms with E-state index in [1.807, 2.05) is 6.92 Å². The zero-order valence-electron chi connectivity index (χ0n) is 10.1. The number of alkyl halides is 3. The van der Waals surface area contributed by atoms with Gasteiger partial charge in [0.05, 0.1) is 24.6 Å². The maximum atomic E-state index is 12.4. The van der Waals surface area contributed by atoms with Crippen molar-refractivity contribution in [3.63, 3.8) is 0 Å². The van der Waals surface area contributed by atoms with Crippen molar-refractivity contribution in [2.75, 3.05) is 11.9 Å². The molecule has 1 N–H and O–H groups in total. The number of anilines is 1. The van der Waals surface area contributed by atoms with Crippen molar-refractivity contribution >= 4 is 5.82 Å². The number of hydrogen-bond donors (Lipinski definition) is 1. The summed E-state index contributed by atoms with van der Waals surface area (Å²) < 4.78 is 38.3. The van der Waals surface area contributed by atoms with Gasteiger partial charge in [-0.15, -0.1) is 0 Å². The van der Waals surface area contributed by atoms with Crippen LogP contribution in [0.4, 0.5) is 19.0 Å². The summed E-state index contributed by atoms with van der Waals surface area (Å²) in [6, 6.07) is 0.931. The van der Waals surface area contributed by atoms with Gasteiger partial charge in [-0.2, -0.15) is 18.3 Å². The topological polar surface area (TPSA) is 55.6 Å². The van der Waals surface area contributed by atoms with Crippen LogP contribution < -0.4 is 5.32 Å². The van der Waals surface area contributed by atoms with E-state index in [1.54, 1.807) is 0 Å². The van der Waals surface area contributed by atoms with Crippen molar-refractivity contribution in [2.45, 2.75) is 19.6 Å². The molecule has 2 heterocycles. The van der Waals surface area contributed by atoms with E-state index in [4.69, 9.17) is 0 Å². The zero-order valence-corrected chi connectivity index (χ0v) is 10.1. The number of nitrogens with one attached hydrogen (secondary N) is 1. The molecule has 0 saturated heterocycles. The van der Waals surface area contributed by atoms with E-state index in [0.717, 1.165) is 12.6 Å². The molecule has 0 aromatic carbocycles. The van der Waals surface area contributed by atoms with Gasteiger partial charge in [0.15, 0.2) is 5.69 Å². The normalized spacial score (nSPS) is 11.6. The van der Waals surface area contributed by atoms with Gasteiger partial charge in [-0.3, -0.25) is 9.67 Å². The molecular weight excluding hydrogens is 259 g/mol. The van der Waals surface area contributed by atoms with Crippen LogP contribution in [0, 0.1) is 0 Å². The van der Waals surface area contributed by atoms with E-state index >= 15 is 0 Å². The number of nitrogens with zero attached hydrogens (tertiary/aromatic N) is 4. The first-order valence-electron chi connectivity index (χ1n) is 5.64. The minimum atomic E-state index is -4.42. The Bertz CT molecular complexity index is 532. The minimum absolute atomic E-state index is 0.148. The van der Waals surface area contributed by atoms with Crippen LogP contribution in [0.1, 0.15) is 18.3 Å². The summed E-state index contributed by atoms with van der Waals surface area (Å²) in [4.78, 5) is 8.18. The van der Waals surface area contributed by atoms with Crippen molar-refractivity contribution in [1.29, 1.82) is 0 Å². The van der Waals surface area contributed by atoms with E-state index in [9.17, 15) is 13.2 Å². The van der Waals surface area contributed by atoms with Crippen LogP contribution in [0.3, 0.4) is 0 Å². The van der Waals surface area contributed by atoms with Crippen molar-refractivity contribution in [1.82, 2.24) is 19.7 Å². The van der Waals surface area contributed by atoms with Gasteiger partial charge in [-0.05, 0) is 13.0 Å². The fourth-order valence-corrected chi connectivity index (χ4v) is 1.48. The molecule has 0 atom stereocenters. The van der Waals surface area contributed by atoms with E-state index < -0.39 is 11.9 Å². The van der Waals surface area contributed by atoms with Gasteiger partial charge >= 0.3 is 6.18 Å². The summed E-state index contributed by atoms with van der Waals surface area (Å²) in [6.07, 6.45) is -0.117. The Morgan fingerprint density at radius 3 is 2.58 bits per heavy atom. The lowest BCUT2D eigenvalue weighted by Crippen LogP contribution is -2.09. The molecule has 0 saturated carbocycles. The van der Waals surface area contributed by atoms with Gasteiger partial charge in [0.1, 0.15) is 5.82 Å². The third-order valence-electron chi connectivity index (χ3n) is 2.32. The highest BCUT2D eigenvalue weighted by molar-refractivity contribution is 5.30. The predicted octanol–water partition coefficient (Wildman–Crippen LogP) is 2.17. The van der Waals surface area contributed by atoms with E-state index in [2.05, 4.69) is 20.4 Å². The Balaban J connectivity index is 2.06. The molecule has 0 aliphatic rings. The molecule has 0 fully saturated rings. The number of rotatable bonds is 4. The molecule has 0 amide bonds. The Labute approximate surface area is 107 Å². The molecule has 2 rings (SSSR count). The van der Waals surface area contributed by atoms with Crippen LogP contribution in [0.2, 0.25) is 0 Å². The van der Waals surface area contributed by atoms with E-state index in [0.29, 0.717) is 11.5 Å². The lowest BCUT2D eigenvalue weighted by molar-refractivity contribution is -0.141. The van der Waals surface area contributed by atoms with Gasteiger partial charge < -0.3 is 5.32 Å². The SMILES string of the molecule is CCNc1cnc(Cn2ccc(C(F)(F)F)n2)cn1. The Morgan fingerprint density at radius 2 is 2.05 bits per heavy atom. The molecular formula is C11H12F3N5. The Kier molecular flexibility index (Phi) is 3.68. The molecule has 8 heteroatoms. The average molecular weight is 271 g/mol. The summed E-state index contributed by atoms with van der Waals surface area (Å²) in [5.74, 6) is 0.627. The van der Waals surface area contributed by atoms with Crippen LogP contribution in [-0.4, -0.2) is 26.3 Å². The van der Waals surface area contributed by atoms with Gasteiger partial charge in [0.25, 0.3) is 0 Å². The smallest absolute Gasteiger partial charge is 0.369 e. The van der Waals surface area contributed by atoms with Crippen LogP contribution in [0.25, 0.3) is 0 Å². The second-order valence-electron chi connectivity index (χ2n) is 3.82. The second-order valence-corrected chi connectivity index (χ2v) is 3.82. The predicted molar refractivity (Wildman–Crippen MR) is 62.5 cm³/mol. The van der Waals surface area contributed by atoms with Gasteiger partial charge in [0, 0.05) is 12.7 Å². The summed E-state index contributed by atoms with van der Waals surface area (Å²) in [6.45, 7) is 2.80. The number of aromatic nitrogens is 4. The van der Waals surface area contributed by atoms with Gasteiger partial charge in [-0.1, -0.05) is 0 Å². The maximum Gasteiger partial charge on any atom is 0.435 e. The molecule has 0 spiro atoms. The molecule has 2 aromatic heterocycles. The molecule has 102 valence electrons. The summed E-state index contributed by atoms with van der Waals surface area (Å²) >= 11 is 0. The van der Waals surface area contributed by atoms with Crippen LogP contribution in [-0.2, 0) is 12.7 Å². The van der Waals surface area contributed by atoms with Crippen molar-refractivity contribution in [3.05, 3.63) is 36.0 Å². The first kappa shape index (κ1) is 13.3. The maximum absolute atomic E-state index is 12.4. The van der Waals surface area contributed by atoms with Gasteiger partial charge in [-0.25, -0.2) is 4.98 Å². The third kappa shape index (κ3) is 3.43. The second kappa shape index (κ2) is 5.25. The molecule has 0 unspecified atom stereocenters. The minimum Gasteiger partial charge on any atom is -0.369 e. The molecule has 0 aliphatic heterocycles. The van der Waals surface area contributed by atoms with Crippen molar-refractivity contribution in [3.8, 4) is 0 Å². The summed E-state index contributed by atoms with van der Waals surface area (Å²) in [5.41, 5.74) is -0.372. The fraction of sp³-hybridized carbons (Fsp3) is 0.364. The molecule has 5 nitrogen and oxygen atoms in total. The third-order valence-corrected chi connectivity index (χ3v) is 2.32. The molecule has 19 heavy (non-hydrogen) atoms. The average Bonchev–Trinajstić information content (AvgIpc) is 2.80. The van der Waals surface area contributed by atoms with Crippen LogP contribution in [0.15, 0.2) is 24.7 Å². The lowest BCUT2D eigenvalue weighted by Gasteiger charge is -2.04. The first-order chi connectivity index (χ1) is 8.99. The van der Waals surface area contributed by atoms with Crippen molar-refractivity contribution < 1.29 is 13.2 Å². The Hall–Kier alpha value is -2.12. The highest BCUT2D eigenvalue weighted by Gasteiger charge is 2.33. The number of hydrogen-bond acceptors (Lipinski definition) is 4. The highest BCUT2D eigenvalue weighted by Crippen LogP contribution is 2.27. The number of halogens is 3. The van der Waals surface area contributed by atoms with Crippen LogP contribution >= 0.6 is 0 Å². The largest absolute Gasteiger partial charge is 0.435 e. The molecule has 0 bridgehead atoms. The molecule has 0 aliphatic carbocycles. The first-order valence-corrected chi connectivity index (χ1v) is 5.64. The van der Waals surface area contributed by atoms with Crippen LogP contribution in [0.5, 0.6) is 0 Å². The van der Waals surface area contributed by atoms with Gasteiger partial charge in [0.2, 0.25) is 0 Å². The molecule has 2 aromatic rings. The summed E-state index contributed by atoms with van der Waals surface area (Å²) in [7, 11) is 0. The monoisotopic (exact) mass is 271 g/mol. The van der Waals surface area contributed by atoms with E-state index in [-0.39, 0.29) is 6.54 Å².